The van der Waals surface area contributed by atoms with E-state index in [1.165, 1.54) is 6.92 Å². The maximum atomic E-state index is 11.3. The van der Waals surface area contributed by atoms with Gasteiger partial charge in [-0.15, -0.1) is 0 Å². The summed E-state index contributed by atoms with van der Waals surface area (Å²) in [6.07, 6.45) is 5.34. The van der Waals surface area contributed by atoms with Crippen LogP contribution in [0.15, 0.2) is 23.3 Å². The van der Waals surface area contributed by atoms with Crippen molar-refractivity contribution in [1.29, 1.82) is 5.41 Å². The van der Waals surface area contributed by atoms with Crippen LogP contribution in [0.1, 0.15) is 47.5 Å². The molecule has 4 nitrogen and oxygen atoms in total. The zero-order valence-electron chi connectivity index (χ0n) is 13.8. The van der Waals surface area contributed by atoms with E-state index in [9.17, 15) is 4.79 Å². The van der Waals surface area contributed by atoms with Gasteiger partial charge in [-0.1, -0.05) is 19.9 Å². The molecule has 21 heavy (non-hydrogen) atoms. The van der Waals surface area contributed by atoms with Gasteiger partial charge in [-0.05, 0) is 37.0 Å². The van der Waals surface area contributed by atoms with Crippen molar-refractivity contribution in [3.63, 3.8) is 0 Å². The summed E-state index contributed by atoms with van der Waals surface area (Å²) in [6, 6.07) is -0.0790. The molecule has 0 aromatic heterocycles. The molecule has 1 amide bonds. The number of carbonyl (C=O) groups is 1. The van der Waals surface area contributed by atoms with E-state index in [2.05, 4.69) is 19.2 Å². The van der Waals surface area contributed by atoms with Crippen LogP contribution in [0.3, 0.4) is 0 Å². The van der Waals surface area contributed by atoms with Crippen molar-refractivity contribution in [2.24, 2.45) is 11.8 Å². The molecule has 1 rings (SSSR count). The minimum atomic E-state index is -0.0790. The maximum Gasteiger partial charge on any atom is 0.217 e. The summed E-state index contributed by atoms with van der Waals surface area (Å²) in [6.45, 7) is 9.80. The predicted molar refractivity (Wildman–Crippen MR) is 87.3 cm³/mol. The Morgan fingerprint density at radius 1 is 1.38 bits per heavy atom. The summed E-state index contributed by atoms with van der Waals surface area (Å²) >= 11 is 0. The Labute approximate surface area is 127 Å². The lowest BCUT2D eigenvalue weighted by Crippen LogP contribution is -2.44. The molecule has 116 valence electrons. The second kappa shape index (κ2) is 7.34. The number of nitrogens with one attached hydrogen (secondary N) is 2. The fourth-order valence-corrected chi connectivity index (χ4v) is 2.99. The van der Waals surface area contributed by atoms with E-state index in [0.717, 1.165) is 23.3 Å². The van der Waals surface area contributed by atoms with Crippen molar-refractivity contribution in [3.8, 4) is 0 Å². The van der Waals surface area contributed by atoms with Crippen molar-refractivity contribution in [2.75, 3.05) is 0 Å². The zero-order chi connectivity index (χ0) is 16.2. The molecule has 0 fully saturated rings. The van der Waals surface area contributed by atoms with Crippen LogP contribution in [0.2, 0.25) is 0 Å². The van der Waals surface area contributed by atoms with Crippen LogP contribution in [0, 0.1) is 17.2 Å². The van der Waals surface area contributed by atoms with Crippen LogP contribution in [0.4, 0.5) is 0 Å². The zero-order valence-corrected chi connectivity index (χ0v) is 13.8. The summed E-state index contributed by atoms with van der Waals surface area (Å²) in [7, 11) is 0. The molecule has 2 atom stereocenters. The molecule has 0 aromatic rings. The minimum Gasteiger partial charge on any atom is -0.350 e. The third kappa shape index (κ3) is 4.96. The third-order valence-corrected chi connectivity index (χ3v) is 3.74. The second-order valence-electron chi connectivity index (χ2n) is 6.36. The molecule has 0 spiro atoms. The summed E-state index contributed by atoms with van der Waals surface area (Å²) < 4.78 is 0. The van der Waals surface area contributed by atoms with Gasteiger partial charge in [-0.3, -0.25) is 10.2 Å². The number of rotatable bonds is 6. The molecular weight excluding hydrogens is 262 g/mol. The molecule has 0 bridgehead atoms. The molecule has 0 radical (unpaired) electrons. The smallest absolute Gasteiger partial charge is 0.217 e. The van der Waals surface area contributed by atoms with E-state index in [1.54, 1.807) is 0 Å². The van der Waals surface area contributed by atoms with Crippen molar-refractivity contribution < 1.29 is 10.2 Å². The molecule has 4 N–H and O–H groups in total. The van der Waals surface area contributed by atoms with Crippen molar-refractivity contribution in [3.05, 3.63) is 23.3 Å². The lowest BCUT2D eigenvalue weighted by Gasteiger charge is -2.29. The quantitative estimate of drug-likeness (QED) is 0.639. The number of amides is 1. The average molecular weight is 290 g/mol. The molecular formula is C17H28N3O+. The normalized spacial score (nSPS) is 19.9. The maximum absolute atomic E-state index is 11.3. The van der Waals surface area contributed by atoms with E-state index in [4.69, 9.17) is 10.8 Å². The molecule has 0 aliphatic heterocycles. The second-order valence-corrected chi connectivity index (χ2v) is 6.36. The topological polar surface area (TPSA) is 78.5 Å². The Morgan fingerprint density at radius 3 is 2.52 bits per heavy atom. The Bertz CT molecular complexity index is 500. The molecule has 1 aliphatic rings. The summed E-state index contributed by atoms with van der Waals surface area (Å²) in [5.41, 5.74) is 3.72. The number of allylic oxidation sites excluding steroid dienone is 3. The molecule has 0 saturated carbocycles. The summed E-state index contributed by atoms with van der Waals surface area (Å²) in [5.74, 6) is 0.428. The molecule has 1 unspecified atom stereocenters. The van der Waals surface area contributed by atoms with Crippen LogP contribution in [0.25, 0.3) is 0 Å². The van der Waals surface area contributed by atoms with Crippen LogP contribution in [-0.4, -0.2) is 23.4 Å². The first-order chi connectivity index (χ1) is 9.72. The summed E-state index contributed by atoms with van der Waals surface area (Å²) in [5, 5.41) is 17.3. The average Bonchev–Trinajstić information content (AvgIpc) is 2.31. The number of carbonyl (C=O) groups excluding carboxylic acids is 1. The van der Waals surface area contributed by atoms with Gasteiger partial charge in [0.2, 0.25) is 5.91 Å². The van der Waals surface area contributed by atoms with Gasteiger partial charge < -0.3 is 10.7 Å². The van der Waals surface area contributed by atoms with E-state index < -0.39 is 0 Å². The van der Waals surface area contributed by atoms with Crippen LogP contribution in [0.5, 0.6) is 0 Å². The monoisotopic (exact) mass is 290 g/mol. The van der Waals surface area contributed by atoms with Crippen molar-refractivity contribution >= 4 is 17.3 Å². The van der Waals surface area contributed by atoms with Crippen LogP contribution >= 0.6 is 0 Å². The van der Waals surface area contributed by atoms with E-state index >= 15 is 0 Å². The van der Waals surface area contributed by atoms with Gasteiger partial charge >= 0.3 is 0 Å². The third-order valence-electron chi connectivity index (χ3n) is 3.74. The number of hydrogen-bond acceptors (Lipinski definition) is 2. The Morgan fingerprint density at radius 2 is 2.00 bits per heavy atom. The highest BCUT2D eigenvalue weighted by Crippen LogP contribution is 2.29. The van der Waals surface area contributed by atoms with E-state index in [1.807, 2.05) is 26.0 Å². The van der Waals surface area contributed by atoms with Gasteiger partial charge in [0.15, 0.2) is 0 Å². The number of nitrogens with two attached hydrogens (primary N) is 1. The molecule has 1 aliphatic carbocycles. The predicted octanol–water partition coefficient (Wildman–Crippen LogP) is 1.67. The highest BCUT2D eigenvalue weighted by Gasteiger charge is 2.29. The largest absolute Gasteiger partial charge is 0.350 e. The Kier molecular flexibility index (Phi) is 6.06. The SMILES string of the molecule is CC(=O)N[C@@H](C)C1=C(C)C=CC(=N)C1CC(=[NH2+])CC(C)C. The van der Waals surface area contributed by atoms with Gasteiger partial charge in [-0.25, -0.2) is 0 Å². The highest BCUT2D eigenvalue weighted by molar-refractivity contribution is 6.01. The molecule has 0 aromatic carbocycles. The van der Waals surface area contributed by atoms with Gasteiger partial charge in [0, 0.05) is 37.4 Å². The van der Waals surface area contributed by atoms with Crippen molar-refractivity contribution in [1.82, 2.24) is 5.32 Å². The van der Waals surface area contributed by atoms with Crippen LogP contribution in [-0.2, 0) is 4.79 Å². The fourth-order valence-electron chi connectivity index (χ4n) is 2.99. The lowest BCUT2D eigenvalue weighted by atomic mass is 9.78. The molecule has 0 heterocycles. The van der Waals surface area contributed by atoms with E-state index in [-0.39, 0.29) is 17.9 Å². The number of hydrogen-bond donors (Lipinski definition) is 3. The van der Waals surface area contributed by atoms with Crippen molar-refractivity contribution in [2.45, 2.75) is 53.5 Å². The van der Waals surface area contributed by atoms with Gasteiger partial charge in [0.1, 0.15) is 5.71 Å². The standard InChI is InChI=1S/C17H27N3O/c1-10(2)8-14(18)9-15-16(19)7-6-11(3)17(15)12(4)20-13(5)21/h6-7,10,12,15,18-19H,8-9H2,1-5H3,(H,20,21)/p+1/t12-,15?/m0/s1. The highest BCUT2D eigenvalue weighted by atomic mass is 16.1. The molecule has 4 heteroatoms. The Balaban J connectivity index is 2.97. The minimum absolute atomic E-state index is 0.0319. The summed E-state index contributed by atoms with van der Waals surface area (Å²) in [4.78, 5) is 11.3. The van der Waals surface area contributed by atoms with Gasteiger partial charge in [0.25, 0.3) is 0 Å². The first-order valence-electron chi connectivity index (χ1n) is 7.56. The lowest BCUT2D eigenvalue weighted by molar-refractivity contribution is -0.120. The first kappa shape index (κ1) is 17.3. The van der Waals surface area contributed by atoms with E-state index in [0.29, 0.717) is 18.1 Å². The fraction of sp³-hybridized carbons (Fsp3) is 0.588. The molecule has 0 saturated heterocycles. The van der Waals surface area contributed by atoms with Crippen LogP contribution < -0.4 is 10.7 Å². The van der Waals surface area contributed by atoms with Gasteiger partial charge in [-0.2, -0.15) is 0 Å². The van der Waals surface area contributed by atoms with Gasteiger partial charge in [0.05, 0.1) is 0 Å². The Hall–Kier alpha value is -1.71. The first-order valence-corrected chi connectivity index (χ1v) is 7.56.